The molecule has 1 atom stereocenters. The van der Waals surface area contributed by atoms with Crippen LogP contribution < -0.4 is 0 Å². The molecule has 0 radical (unpaired) electrons. The average Bonchev–Trinajstić information content (AvgIpc) is 2.52. The van der Waals surface area contributed by atoms with Crippen molar-refractivity contribution in [1.82, 2.24) is 4.90 Å². The topological polar surface area (TPSA) is 49.8 Å². The summed E-state index contributed by atoms with van der Waals surface area (Å²) in [5, 5.41) is 9.24. The zero-order valence-electron chi connectivity index (χ0n) is 9.66. The molecule has 0 aromatic rings. The van der Waals surface area contributed by atoms with E-state index in [0.717, 1.165) is 12.8 Å². The molecule has 0 aliphatic carbocycles. The van der Waals surface area contributed by atoms with E-state index in [1.54, 1.807) is 4.90 Å². The van der Waals surface area contributed by atoms with Gasteiger partial charge in [-0.05, 0) is 13.3 Å². The number of hydrogen-bond acceptors (Lipinski definition) is 3. The van der Waals surface area contributed by atoms with Gasteiger partial charge < -0.3 is 9.84 Å². The number of aliphatic hydroxyl groups excluding tert-OH is 1. The van der Waals surface area contributed by atoms with Gasteiger partial charge in [0.25, 0.3) is 0 Å². The molecule has 0 saturated carbocycles. The van der Waals surface area contributed by atoms with Gasteiger partial charge in [-0.2, -0.15) is 0 Å². The molecule has 4 heteroatoms. The van der Waals surface area contributed by atoms with Gasteiger partial charge in [0.1, 0.15) is 12.1 Å². The maximum Gasteiger partial charge on any atom is 0.410 e. The third-order valence-corrected chi connectivity index (χ3v) is 2.95. The number of unbranched alkanes of at least 4 members (excludes halogenated alkanes) is 3. The number of aliphatic hydroxyl groups is 1. The SMILES string of the molecule is CCCCCCN1C(=O)OCC1(C)CO. The van der Waals surface area contributed by atoms with Crippen molar-refractivity contribution in [2.24, 2.45) is 0 Å². The molecule has 1 N–H and O–H groups in total. The molecule has 1 aliphatic heterocycles. The van der Waals surface area contributed by atoms with Gasteiger partial charge in [0.2, 0.25) is 0 Å². The highest BCUT2D eigenvalue weighted by Crippen LogP contribution is 2.24. The Morgan fingerprint density at radius 1 is 1.47 bits per heavy atom. The lowest BCUT2D eigenvalue weighted by Gasteiger charge is -2.29. The summed E-state index contributed by atoms with van der Waals surface area (Å²) in [6.07, 6.45) is 4.20. The van der Waals surface area contributed by atoms with Crippen LogP contribution in [0.25, 0.3) is 0 Å². The monoisotopic (exact) mass is 215 g/mol. The van der Waals surface area contributed by atoms with Gasteiger partial charge in [0, 0.05) is 6.54 Å². The van der Waals surface area contributed by atoms with Crippen LogP contribution >= 0.6 is 0 Å². The summed E-state index contributed by atoms with van der Waals surface area (Å²) in [5.74, 6) is 0. The molecular formula is C11H21NO3. The Hall–Kier alpha value is -0.770. The van der Waals surface area contributed by atoms with Gasteiger partial charge in [0.15, 0.2) is 0 Å². The van der Waals surface area contributed by atoms with Crippen LogP contribution in [-0.2, 0) is 4.74 Å². The van der Waals surface area contributed by atoms with Crippen molar-refractivity contribution >= 4 is 6.09 Å². The smallest absolute Gasteiger partial charge is 0.410 e. The van der Waals surface area contributed by atoms with Crippen molar-refractivity contribution < 1.29 is 14.6 Å². The van der Waals surface area contributed by atoms with Crippen molar-refractivity contribution in [2.45, 2.75) is 45.1 Å². The van der Waals surface area contributed by atoms with Crippen LogP contribution in [0.15, 0.2) is 0 Å². The molecule has 0 aromatic heterocycles. The largest absolute Gasteiger partial charge is 0.447 e. The molecule has 4 nitrogen and oxygen atoms in total. The zero-order chi connectivity index (χ0) is 11.3. The third kappa shape index (κ3) is 2.84. The molecule has 0 bridgehead atoms. The summed E-state index contributed by atoms with van der Waals surface area (Å²) in [6, 6.07) is 0. The Balaban J connectivity index is 2.40. The summed E-state index contributed by atoms with van der Waals surface area (Å²) in [6.45, 7) is 4.97. The molecule has 1 fully saturated rings. The van der Waals surface area contributed by atoms with Crippen LogP contribution in [0.3, 0.4) is 0 Å². The van der Waals surface area contributed by atoms with E-state index in [9.17, 15) is 9.90 Å². The predicted octanol–water partition coefficient (Wildman–Crippen LogP) is 1.77. The van der Waals surface area contributed by atoms with E-state index in [1.165, 1.54) is 12.8 Å². The van der Waals surface area contributed by atoms with Gasteiger partial charge >= 0.3 is 6.09 Å². The van der Waals surface area contributed by atoms with E-state index in [1.807, 2.05) is 6.92 Å². The van der Waals surface area contributed by atoms with Gasteiger partial charge in [-0.3, -0.25) is 4.90 Å². The maximum absolute atomic E-state index is 11.4. The molecule has 1 amide bonds. The second-order valence-corrected chi connectivity index (χ2v) is 4.42. The van der Waals surface area contributed by atoms with Crippen molar-refractivity contribution in [1.29, 1.82) is 0 Å². The Labute approximate surface area is 91.2 Å². The zero-order valence-corrected chi connectivity index (χ0v) is 9.66. The minimum atomic E-state index is -0.511. The lowest BCUT2D eigenvalue weighted by atomic mass is 10.0. The number of carbonyl (C=O) groups excluding carboxylic acids is 1. The molecule has 1 aliphatic rings. The first-order chi connectivity index (χ1) is 7.14. The molecule has 0 spiro atoms. The highest BCUT2D eigenvalue weighted by Gasteiger charge is 2.42. The van der Waals surface area contributed by atoms with Crippen LogP contribution in [0.5, 0.6) is 0 Å². The van der Waals surface area contributed by atoms with E-state index in [2.05, 4.69) is 6.92 Å². The molecule has 88 valence electrons. The van der Waals surface area contributed by atoms with E-state index in [-0.39, 0.29) is 12.7 Å². The molecule has 15 heavy (non-hydrogen) atoms. The summed E-state index contributed by atoms with van der Waals surface area (Å²) >= 11 is 0. The number of rotatable bonds is 6. The van der Waals surface area contributed by atoms with Crippen LogP contribution in [0.2, 0.25) is 0 Å². The quantitative estimate of drug-likeness (QED) is 0.687. The van der Waals surface area contributed by atoms with Crippen LogP contribution in [-0.4, -0.2) is 41.4 Å². The number of carbonyl (C=O) groups is 1. The van der Waals surface area contributed by atoms with Crippen molar-refractivity contribution in [3.05, 3.63) is 0 Å². The number of amides is 1. The third-order valence-electron chi connectivity index (χ3n) is 2.95. The first-order valence-electron chi connectivity index (χ1n) is 5.69. The summed E-state index contributed by atoms with van der Waals surface area (Å²) in [7, 11) is 0. The Kier molecular flexibility index (Phi) is 4.39. The fourth-order valence-corrected chi connectivity index (χ4v) is 1.78. The van der Waals surface area contributed by atoms with Gasteiger partial charge in [-0.25, -0.2) is 4.79 Å². The fourth-order valence-electron chi connectivity index (χ4n) is 1.78. The number of cyclic esters (lactones) is 1. The second kappa shape index (κ2) is 5.35. The predicted molar refractivity (Wildman–Crippen MR) is 57.7 cm³/mol. The molecule has 1 unspecified atom stereocenters. The minimum Gasteiger partial charge on any atom is -0.447 e. The molecule has 0 aromatic carbocycles. The first kappa shape index (κ1) is 12.3. The van der Waals surface area contributed by atoms with Crippen molar-refractivity contribution in [3.8, 4) is 0 Å². The standard InChI is InChI=1S/C11H21NO3/c1-3-4-5-6-7-12-10(14)15-9-11(12,2)8-13/h13H,3-9H2,1-2H3. The van der Waals surface area contributed by atoms with Gasteiger partial charge in [-0.1, -0.05) is 26.2 Å². The normalized spacial score (nSPS) is 25.8. The van der Waals surface area contributed by atoms with E-state index in [4.69, 9.17) is 4.74 Å². The molecule has 1 rings (SSSR count). The number of hydrogen-bond donors (Lipinski definition) is 1. The maximum atomic E-state index is 11.4. The van der Waals surface area contributed by atoms with Gasteiger partial charge in [-0.15, -0.1) is 0 Å². The molecule has 1 saturated heterocycles. The van der Waals surface area contributed by atoms with Crippen LogP contribution in [0.4, 0.5) is 4.79 Å². The number of nitrogens with zero attached hydrogens (tertiary/aromatic N) is 1. The van der Waals surface area contributed by atoms with Crippen molar-refractivity contribution in [2.75, 3.05) is 19.8 Å². The fraction of sp³-hybridized carbons (Fsp3) is 0.909. The lowest BCUT2D eigenvalue weighted by molar-refractivity contribution is 0.0988. The first-order valence-corrected chi connectivity index (χ1v) is 5.69. The summed E-state index contributed by atoms with van der Waals surface area (Å²) < 4.78 is 4.96. The Morgan fingerprint density at radius 3 is 2.80 bits per heavy atom. The van der Waals surface area contributed by atoms with Crippen LogP contribution in [0.1, 0.15) is 39.5 Å². The Bertz CT molecular complexity index is 220. The van der Waals surface area contributed by atoms with E-state index < -0.39 is 5.54 Å². The minimum absolute atomic E-state index is 0.0352. The molecule has 1 heterocycles. The Morgan fingerprint density at radius 2 is 2.20 bits per heavy atom. The highest BCUT2D eigenvalue weighted by molar-refractivity contribution is 5.71. The van der Waals surface area contributed by atoms with Crippen molar-refractivity contribution in [3.63, 3.8) is 0 Å². The lowest BCUT2D eigenvalue weighted by Crippen LogP contribution is -2.48. The van der Waals surface area contributed by atoms with Gasteiger partial charge in [0.05, 0.1) is 6.61 Å². The van der Waals surface area contributed by atoms with E-state index in [0.29, 0.717) is 13.2 Å². The van der Waals surface area contributed by atoms with Crippen LogP contribution in [0, 0.1) is 0 Å². The second-order valence-electron chi connectivity index (χ2n) is 4.42. The molecular weight excluding hydrogens is 194 g/mol. The summed E-state index contributed by atoms with van der Waals surface area (Å²) in [4.78, 5) is 13.1. The summed E-state index contributed by atoms with van der Waals surface area (Å²) in [5.41, 5.74) is -0.511. The highest BCUT2D eigenvalue weighted by atomic mass is 16.6. The number of ether oxygens (including phenoxy) is 1. The van der Waals surface area contributed by atoms with E-state index >= 15 is 0 Å². The average molecular weight is 215 g/mol.